The van der Waals surface area contributed by atoms with Crippen molar-refractivity contribution in [2.45, 2.75) is 44.8 Å². The summed E-state index contributed by atoms with van der Waals surface area (Å²) in [6, 6.07) is 4.38. The highest BCUT2D eigenvalue weighted by atomic mass is 32.1. The van der Waals surface area contributed by atoms with Crippen LogP contribution in [0.3, 0.4) is 0 Å². The van der Waals surface area contributed by atoms with E-state index in [1.165, 1.54) is 6.42 Å². The number of amides is 1. The topological polar surface area (TPSA) is 43.8 Å². The molecule has 1 saturated heterocycles. The quantitative estimate of drug-likeness (QED) is 0.841. The maximum absolute atomic E-state index is 11.9. The molecule has 4 nitrogen and oxygen atoms in total. The minimum Gasteiger partial charge on any atom is -0.388 e. The lowest BCUT2D eigenvalue weighted by atomic mass is 10.1. The van der Waals surface area contributed by atoms with Gasteiger partial charge in [0.05, 0.1) is 6.10 Å². The molecule has 1 aliphatic rings. The van der Waals surface area contributed by atoms with E-state index in [4.69, 9.17) is 0 Å². The molecule has 1 aromatic heterocycles. The number of thiophene rings is 1. The SMILES string of the molecule is CCN(C)C(=O)CCN1CCCC1CC(O)c1cccs1. The lowest BCUT2D eigenvalue weighted by Gasteiger charge is -2.26. The van der Waals surface area contributed by atoms with Gasteiger partial charge in [-0.3, -0.25) is 9.69 Å². The van der Waals surface area contributed by atoms with Crippen molar-refractivity contribution in [1.82, 2.24) is 9.80 Å². The number of hydrogen-bond donors (Lipinski definition) is 1. The van der Waals surface area contributed by atoms with Crippen LogP contribution in [-0.4, -0.2) is 53.5 Å². The highest BCUT2D eigenvalue weighted by Crippen LogP contribution is 2.29. The first-order chi connectivity index (χ1) is 10.1. The van der Waals surface area contributed by atoms with Crippen molar-refractivity contribution in [3.05, 3.63) is 22.4 Å². The molecule has 1 amide bonds. The summed E-state index contributed by atoms with van der Waals surface area (Å²) in [5.41, 5.74) is 0. The van der Waals surface area contributed by atoms with Crippen LogP contribution in [0.2, 0.25) is 0 Å². The van der Waals surface area contributed by atoms with Gasteiger partial charge in [-0.15, -0.1) is 11.3 Å². The smallest absolute Gasteiger partial charge is 0.223 e. The molecule has 2 unspecified atom stereocenters. The molecule has 0 aromatic carbocycles. The van der Waals surface area contributed by atoms with Gasteiger partial charge in [0.2, 0.25) is 5.91 Å². The Balaban J connectivity index is 1.81. The van der Waals surface area contributed by atoms with Crippen LogP contribution in [0.4, 0.5) is 0 Å². The van der Waals surface area contributed by atoms with E-state index in [1.807, 2.05) is 31.5 Å². The largest absolute Gasteiger partial charge is 0.388 e. The van der Waals surface area contributed by atoms with Gasteiger partial charge in [-0.25, -0.2) is 0 Å². The van der Waals surface area contributed by atoms with Crippen molar-refractivity contribution >= 4 is 17.2 Å². The summed E-state index contributed by atoms with van der Waals surface area (Å²) in [7, 11) is 1.85. The Hall–Kier alpha value is -0.910. The predicted molar refractivity (Wildman–Crippen MR) is 86.4 cm³/mol. The van der Waals surface area contributed by atoms with Crippen molar-refractivity contribution in [2.24, 2.45) is 0 Å². The molecule has 1 N–H and O–H groups in total. The molecule has 5 heteroatoms. The van der Waals surface area contributed by atoms with Gasteiger partial charge < -0.3 is 10.0 Å². The molecule has 0 spiro atoms. The second kappa shape index (κ2) is 7.92. The van der Waals surface area contributed by atoms with Crippen LogP contribution in [0.1, 0.15) is 43.6 Å². The average Bonchev–Trinajstić information content (AvgIpc) is 3.15. The van der Waals surface area contributed by atoms with Crippen molar-refractivity contribution < 1.29 is 9.90 Å². The van der Waals surface area contributed by atoms with Gasteiger partial charge in [0.15, 0.2) is 0 Å². The van der Waals surface area contributed by atoms with Crippen LogP contribution in [-0.2, 0) is 4.79 Å². The summed E-state index contributed by atoms with van der Waals surface area (Å²) in [5.74, 6) is 0.210. The van der Waals surface area contributed by atoms with Crippen LogP contribution in [0.5, 0.6) is 0 Å². The fourth-order valence-electron chi connectivity index (χ4n) is 2.92. The van der Waals surface area contributed by atoms with Crippen molar-refractivity contribution in [2.75, 3.05) is 26.7 Å². The highest BCUT2D eigenvalue weighted by Gasteiger charge is 2.27. The lowest BCUT2D eigenvalue weighted by molar-refractivity contribution is -0.130. The fourth-order valence-corrected chi connectivity index (χ4v) is 3.64. The minimum absolute atomic E-state index is 0.210. The molecule has 2 atom stereocenters. The standard InChI is InChI=1S/C16H26N2O2S/c1-3-17(2)16(20)8-10-18-9-4-6-13(18)12-14(19)15-7-5-11-21-15/h5,7,11,13-14,19H,3-4,6,8-10,12H2,1-2H3. The molecule has 118 valence electrons. The highest BCUT2D eigenvalue weighted by molar-refractivity contribution is 7.10. The molecule has 21 heavy (non-hydrogen) atoms. The number of aliphatic hydroxyl groups excluding tert-OH is 1. The number of likely N-dealkylation sites (tertiary alicyclic amines) is 1. The molecule has 1 fully saturated rings. The van der Waals surface area contributed by atoms with E-state index in [9.17, 15) is 9.90 Å². The molecule has 0 aliphatic carbocycles. The third-order valence-electron chi connectivity index (χ3n) is 4.38. The molecular formula is C16H26N2O2S. The van der Waals surface area contributed by atoms with Gasteiger partial charge in [0.1, 0.15) is 0 Å². The van der Waals surface area contributed by atoms with Gasteiger partial charge >= 0.3 is 0 Å². The summed E-state index contributed by atoms with van der Waals surface area (Å²) in [5, 5.41) is 12.3. The Labute approximate surface area is 131 Å². The second-order valence-electron chi connectivity index (χ2n) is 5.76. The van der Waals surface area contributed by atoms with Crippen LogP contribution in [0.15, 0.2) is 17.5 Å². The van der Waals surface area contributed by atoms with Crippen LogP contribution < -0.4 is 0 Å². The van der Waals surface area contributed by atoms with E-state index in [0.717, 1.165) is 37.4 Å². The van der Waals surface area contributed by atoms with Gasteiger partial charge in [-0.2, -0.15) is 0 Å². The summed E-state index contributed by atoms with van der Waals surface area (Å²) in [4.78, 5) is 17.1. The Kier molecular flexibility index (Phi) is 6.21. The van der Waals surface area contributed by atoms with Crippen molar-refractivity contribution in [3.63, 3.8) is 0 Å². The van der Waals surface area contributed by atoms with E-state index >= 15 is 0 Å². The molecule has 1 aliphatic heterocycles. The summed E-state index contributed by atoms with van der Waals surface area (Å²) < 4.78 is 0. The normalized spacial score (nSPS) is 20.6. The third kappa shape index (κ3) is 4.53. The zero-order valence-electron chi connectivity index (χ0n) is 13.0. The van der Waals surface area contributed by atoms with Gasteiger partial charge in [-0.1, -0.05) is 6.07 Å². The Morgan fingerprint density at radius 3 is 3.10 bits per heavy atom. The van der Waals surface area contributed by atoms with E-state index in [-0.39, 0.29) is 12.0 Å². The summed E-state index contributed by atoms with van der Waals surface area (Å²) >= 11 is 1.61. The monoisotopic (exact) mass is 310 g/mol. The first-order valence-corrected chi connectivity index (χ1v) is 8.69. The van der Waals surface area contributed by atoms with Gasteiger partial charge in [0.25, 0.3) is 0 Å². The van der Waals surface area contributed by atoms with Crippen LogP contribution in [0, 0.1) is 0 Å². The van der Waals surface area contributed by atoms with E-state index in [2.05, 4.69) is 4.90 Å². The number of rotatable bonds is 7. The summed E-state index contributed by atoms with van der Waals surface area (Å²) in [6.07, 6.45) is 3.28. The summed E-state index contributed by atoms with van der Waals surface area (Å²) in [6.45, 7) is 4.61. The van der Waals surface area contributed by atoms with Gasteiger partial charge in [0, 0.05) is 37.5 Å². The number of aliphatic hydroxyl groups is 1. The lowest BCUT2D eigenvalue weighted by Crippen LogP contribution is -2.35. The molecule has 2 heterocycles. The molecule has 0 radical (unpaired) electrons. The molecule has 0 saturated carbocycles. The van der Waals surface area contributed by atoms with Gasteiger partial charge in [-0.05, 0) is 44.2 Å². The number of nitrogens with zero attached hydrogens (tertiary/aromatic N) is 2. The molecular weight excluding hydrogens is 284 g/mol. The van der Waals surface area contributed by atoms with E-state index < -0.39 is 0 Å². The average molecular weight is 310 g/mol. The van der Waals surface area contributed by atoms with E-state index in [1.54, 1.807) is 16.2 Å². The maximum Gasteiger partial charge on any atom is 0.223 e. The predicted octanol–water partition coefficient (Wildman–Crippen LogP) is 2.50. The second-order valence-corrected chi connectivity index (χ2v) is 6.74. The van der Waals surface area contributed by atoms with Crippen molar-refractivity contribution in [1.29, 1.82) is 0 Å². The minimum atomic E-state index is -0.371. The zero-order chi connectivity index (χ0) is 15.2. The molecule has 1 aromatic rings. The third-order valence-corrected chi connectivity index (χ3v) is 5.35. The Bertz CT molecular complexity index is 435. The van der Waals surface area contributed by atoms with Crippen LogP contribution >= 0.6 is 11.3 Å². The Morgan fingerprint density at radius 1 is 1.62 bits per heavy atom. The number of carbonyl (C=O) groups excluding carboxylic acids is 1. The molecule has 2 rings (SSSR count). The first-order valence-electron chi connectivity index (χ1n) is 7.81. The maximum atomic E-state index is 11.9. The Morgan fingerprint density at radius 2 is 2.43 bits per heavy atom. The van der Waals surface area contributed by atoms with Crippen molar-refractivity contribution in [3.8, 4) is 0 Å². The fraction of sp³-hybridized carbons (Fsp3) is 0.688. The number of hydrogen-bond acceptors (Lipinski definition) is 4. The number of carbonyl (C=O) groups is 1. The zero-order valence-corrected chi connectivity index (χ0v) is 13.8. The first kappa shape index (κ1) is 16.5. The van der Waals surface area contributed by atoms with E-state index in [0.29, 0.717) is 12.5 Å². The molecule has 0 bridgehead atoms. The van der Waals surface area contributed by atoms with Crippen LogP contribution in [0.25, 0.3) is 0 Å².